The average Bonchev–Trinajstić information content (AvgIpc) is 2.99. The van der Waals surface area contributed by atoms with Crippen molar-refractivity contribution < 1.29 is 13.2 Å². The van der Waals surface area contributed by atoms with Gasteiger partial charge in [-0.05, 0) is 24.8 Å². The van der Waals surface area contributed by atoms with E-state index in [1.165, 1.54) is 23.1 Å². The molecule has 0 saturated carbocycles. The number of carbonyl (C=O) groups excluding carboxylic acids is 1. The third kappa shape index (κ3) is 4.46. The zero-order chi connectivity index (χ0) is 17.7. The van der Waals surface area contributed by atoms with E-state index < -0.39 is 22.0 Å². The lowest BCUT2D eigenvalue weighted by molar-refractivity contribution is -0.117. The molecule has 24 heavy (non-hydrogen) atoms. The van der Waals surface area contributed by atoms with Gasteiger partial charge in [-0.25, -0.2) is 8.42 Å². The molecule has 7 nitrogen and oxygen atoms in total. The highest BCUT2D eigenvalue weighted by atomic mass is 32.2. The zero-order valence-corrected chi connectivity index (χ0v) is 15.9. The number of thioether (sulfide) groups is 1. The first-order valence-electron chi connectivity index (χ1n) is 7.09. The predicted octanol–water partition coefficient (Wildman–Crippen LogP) is 2.44. The van der Waals surface area contributed by atoms with E-state index in [1.54, 1.807) is 37.3 Å². The van der Waals surface area contributed by atoms with E-state index in [0.29, 0.717) is 17.2 Å². The average molecular weight is 387 g/mol. The lowest BCUT2D eigenvalue weighted by atomic mass is 10.2. The Kier molecular flexibility index (Phi) is 6.19. The maximum atomic E-state index is 12.6. The first kappa shape index (κ1) is 18.7. The summed E-state index contributed by atoms with van der Waals surface area (Å²) >= 11 is 2.67. The minimum absolute atomic E-state index is 0.321. The molecule has 0 bridgehead atoms. The third-order valence-corrected chi connectivity index (χ3v) is 6.15. The Morgan fingerprint density at radius 3 is 2.50 bits per heavy atom. The molecule has 1 aromatic heterocycles. The summed E-state index contributed by atoms with van der Waals surface area (Å²) < 4.78 is 26.4. The number of nitrogens with one attached hydrogen (secondary N) is 1. The van der Waals surface area contributed by atoms with Gasteiger partial charge < -0.3 is 0 Å². The molecule has 0 unspecified atom stereocenters. The third-order valence-electron chi connectivity index (χ3n) is 3.15. The van der Waals surface area contributed by atoms with Gasteiger partial charge in [0, 0.05) is 0 Å². The van der Waals surface area contributed by atoms with E-state index in [1.807, 2.05) is 6.26 Å². The number of amides is 1. The van der Waals surface area contributed by atoms with Gasteiger partial charge in [0.1, 0.15) is 6.04 Å². The Bertz CT molecular complexity index is 793. The molecule has 0 aliphatic heterocycles. The number of rotatable bonds is 7. The van der Waals surface area contributed by atoms with E-state index in [-0.39, 0.29) is 0 Å². The summed E-state index contributed by atoms with van der Waals surface area (Å²) in [5, 5.41) is 10.8. The lowest BCUT2D eigenvalue weighted by Gasteiger charge is -2.29. The summed E-state index contributed by atoms with van der Waals surface area (Å²) in [6, 6.07) is 7.70. The number of nitrogens with zero attached hydrogens (tertiary/aromatic N) is 3. The molecule has 130 valence electrons. The molecule has 0 saturated heterocycles. The molecule has 1 heterocycles. The highest BCUT2D eigenvalue weighted by molar-refractivity contribution is 8.00. The topological polar surface area (TPSA) is 92.3 Å². The number of hydrogen-bond donors (Lipinski definition) is 1. The molecule has 0 aliphatic carbocycles. The molecule has 1 aromatic carbocycles. The van der Waals surface area contributed by atoms with Gasteiger partial charge in [-0.2, -0.15) is 0 Å². The van der Waals surface area contributed by atoms with Gasteiger partial charge in [0.25, 0.3) is 0 Å². The molecule has 2 rings (SSSR count). The molecule has 1 atom stereocenters. The Balaban J connectivity index is 2.30. The normalized spacial score (nSPS) is 12.6. The van der Waals surface area contributed by atoms with E-state index in [9.17, 15) is 13.2 Å². The monoisotopic (exact) mass is 386 g/mol. The minimum atomic E-state index is -3.63. The van der Waals surface area contributed by atoms with Gasteiger partial charge in [-0.15, -0.1) is 10.2 Å². The number of benzene rings is 1. The Labute approximate surface area is 149 Å². The molecule has 2 aromatic rings. The van der Waals surface area contributed by atoms with Gasteiger partial charge in [-0.3, -0.25) is 14.4 Å². The van der Waals surface area contributed by atoms with Crippen LogP contribution >= 0.6 is 23.1 Å². The van der Waals surface area contributed by atoms with Crippen molar-refractivity contribution in [1.29, 1.82) is 0 Å². The van der Waals surface area contributed by atoms with Crippen molar-refractivity contribution in [3.63, 3.8) is 0 Å². The Morgan fingerprint density at radius 1 is 1.33 bits per heavy atom. The fraction of sp³-hybridized carbons (Fsp3) is 0.357. The molecule has 1 N–H and O–H groups in total. The summed E-state index contributed by atoms with van der Waals surface area (Å²) in [5.74, 6) is -0.435. The van der Waals surface area contributed by atoms with Crippen LogP contribution in [0.5, 0.6) is 0 Å². The van der Waals surface area contributed by atoms with Crippen LogP contribution in [0.4, 0.5) is 10.8 Å². The number of sulfonamides is 1. The maximum absolute atomic E-state index is 12.6. The summed E-state index contributed by atoms with van der Waals surface area (Å²) in [6.07, 6.45) is 3.27. The Morgan fingerprint density at radius 2 is 2.00 bits per heavy atom. The second-order valence-corrected chi connectivity index (χ2v) is 8.78. The summed E-state index contributed by atoms with van der Waals surface area (Å²) in [5.41, 5.74) is 0.448. The second kappa shape index (κ2) is 7.95. The fourth-order valence-electron chi connectivity index (χ4n) is 2.17. The number of anilines is 2. The highest BCUT2D eigenvalue weighted by Gasteiger charge is 2.31. The molecular weight excluding hydrogens is 368 g/mol. The smallest absolute Gasteiger partial charge is 0.250 e. The van der Waals surface area contributed by atoms with Crippen LogP contribution in [0.25, 0.3) is 0 Å². The number of hydrogen-bond acceptors (Lipinski definition) is 7. The molecule has 0 fully saturated rings. The van der Waals surface area contributed by atoms with E-state index in [2.05, 4.69) is 15.5 Å². The van der Waals surface area contributed by atoms with Crippen LogP contribution in [-0.2, 0) is 14.8 Å². The fourth-order valence-corrected chi connectivity index (χ4v) is 4.55. The standard InChI is InChI=1S/C14H18N4O3S3/c1-4-11(12(19)15-13-16-17-14(22-2)23-13)18(24(3,20)21)10-8-6-5-7-9-10/h5-9,11H,4H2,1-3H3,(H,15,16,19)/t11-/m1/s1. The van der Waals surface area contributed by atoms with E-state index in [0.717, 1.165) is 14.9 Å². The van der Waals surface area contributed by atoms with Crippen molar-refractivity contribution in [2.24, 2.45) is 0 Å². The summed E-state index contributed by atoms with van der Waals surface area (Å²) in [4.78, 5) is 12.6. The Hall–Kier alpha value is -1.65. The largest absolute Gasteiger partial charge is 0.299 e. The van der Waals surface area contributed by atoms with E-state index in [4.69, 9.17) is 0 Å². The first-order valence-corrected chi connectivity index (χ1v) is 11.0. The van der Waals surface area contributed by atoms with Crippen LogP contribution in [0.2, 0.25) is 0 Å². The first-order chi connectivity index (χ1) is 11.4. The van der Waals surface area contributed by atoms with Crippen molar-refractivity contribution in [3.8, 4) is 0 Å². The molecule has 0 spiro atoms. The molecule has 1 amide bonds. The molecular formula is C14H18N4O3S3. The summed E-state index contributed by atoms with van der Waals surface area (Å²) in [7, 11) is -3.63. The molecule has 0 aliphatic rings. The van der Waals surface area contributed by atoms with Gasteiger partial charge in [0.15, 0.2) is 4.34 Å². The molecule has 0 radical (unpaired) electrons. The van der Waals surface area contributed by atoms with Crippen molar-refractivity contribution in [1.82, 2.24) is 10.2 Å². The van der Waals surface area contributed by atoms with Crippen LogP contribution in [0.1, 0.15) is 13.3 Å². The van der Waals surface area contributed by atoms with Gasteiger partial charge in [0.2, 0.25) is 21.1 Å². The van der Waals surface area contributed by atoms with Crippen LogP contribution in [-0.4, -0.2) is 43.1 Å². The molecule has 10 heteroatoms. The predicted molar refractivity (Wildman–Crippen MR) is 98.2 cm³/mol. The van der Waals surface area contributed by atoms with Gasteiger partial charge >= 0.3 is 0 Å². The zero-order valence-electron chi connectivity index (χ0n) is 13.5. The van der Waals surface area contributed by atoms with Crippen LogP contribution in [0, 0.1) is 0 Å². The number of para-hydroxylation sites is 1. The highest BCUT2D eigenvalue weighted by Crippen LogP contribution is 2.25. The van der Waals surface area contributed by atoms with Crippen molar-refractivity contribution in [3.05, 3.63) is 30.3 Å². The lowest BCUT2D eigenvalue weighted by Crippen LogP contribution is -2.46. The number of aromatic nitrogens is 2. The van der Waals surface area contributed by atoms with Gasteiger partial charge in [0.05, 0.1) is 11.9 Å². The van der Waals surface area contributed by atoms with Crippen molar-refractivity contribution in [2.45, 2.75) is 23.7 Å². The maximum Gasteiger partial charge on any atom is 0.250 e. The number of carbonyl (C=O) groups is 1. The summed E-state index contributed by atoms with van der Waals surface area (Å²) in [6.45, 7) is 1.76. The SMILES string of the molecule is CC[C@H](C(=O)Nc1nnc(SC)s1)N(c1ccccc1)S(C)(=O)=O. The second-order valence-electron chi connectivity index (χ2n) is 4.88. The van der Waals surface area contributed by atoms with Crippen LogP contribution in [0.3, 0.4) is 0 Å². The van der Waals surface area contributed by atoms with Gasteiger partial charge in [-0.1, -0.05) is 48.2 Å². The quantitative estimate of drug-likeness (QED) is 0.580. The van der Waals surface area contributed by atoms with Crippen molar-refractivity contribution >= 4 is 49.8 Å². The minimum Gasteiger partial charge on any atom is -0.299 e. The van der Waals surface area contributed by atoms with Crippen LogP contribution in [0.15, 0.2) is 34.7 Å². The van der Waals surface area contributed by atoms with Crippen LogP contribution < -0.4 is 9.62 Å². The van der Waals surface area contributed by atoms with E-state index >= 15 is 0 Å². The van der Waals surface area contributed by atoms with Crippen molar-refractivity contribution in [2.75, 3.05) is 22.1 Å².